The minimum absolute atomic E-state index is 0.0834. The van der Waals surface area contributed by atoms with Crippen molar-refractivity contribution in [1.82, 2.24) is 10.2 Å². The standard InChI is InChI=1S/C17H26N2O2/c1-3-19(13-14-9-11-18-12-10-14)17(20)15-7-5-6-8-16(15)21-4-2/h5-8,14,18H,3-4,9-13H2,1-2H3. The van der Waals surface area contributed by atoms with Crippen LogP contribution in [0.25, 0.3) is 0 Å². The van der Waals surface area contributed by atoms with Gasteiger partial charge in [0.05, 0.1) is 12.2 Å². The van der Waals surface area contributed by atoms with Crippen LogP contribution in [0.15, 0.2) is 24.3 Å². The quantitative estimate of drug-likeness (QED) is 0.875. The molecule has 0 radical (unpaired) electrons. The summed E-state index contributed by atoms with van der Waals surface area (Å²) in [4.78, 5) is 14.7. The average molecular weight is 290 g/mol. The molecule has 4 heteroatoms. The van der Waals surface area contributed by atoms with Crippen molar-refractivity contribution < 1.29 is 9.53 Å². The van der Waals surface area contributed by atoms with Crippen LogP contribution in [0, 0.1) is 5.92 Å². The van der Waals surface area contributed by atoms with Gasteiger partial charge in [0.1, 0.15) is 5.75 Å². The van der Waals surface area contributed by atoms with Crippen LogP contribution in [0.3, 0.4) is 0 Å². The Balaban J connectivity index is 2.08. The first-order valence-electron chi connectivity index (χ1n) is 7.98. The van der Waals surface area contributed by atoms with Gasteiger partial charge < -0.3 is 15.0 Å². The van der Waals surface area contributed by atoms with Crippen molar-refractivity contribution in [2.45, 2.75) is 26.7 Å². The summed E-state index contributed by atoms with van der Waals surface area (Å²) in [5.74, 6) is 1.38. The topological polar surface area (TPSA) is 41.6 Å². The number of benzene rings is 1. The molecule has 1 saturated heterocycles. The van der Waals surface area contributed by atoms with Crippen molar-refractivity contribution in [3.05, 3.63) is 29.8 Å². The summed E-state index contributed by atoms with van der Waals surface area (Å²) in [5, 5.41) is 3.37. The van der Waals surface area contributed by atoms with Gasteiger partial charge in [-0.3, -0.25) is 4.79 Å². The Hall–Kier alpha value is -1.55. The molecular formula is C17H26N2O2. The normalized spacial score (nSPS) is 15.7. The number of rotatable bonds is 6. The zero-order valence-electron chi connectivity index (χ0n) is 13.1. The number of hydrogen-bond donors (Lipinski definition) is 1. The van der Waals surface area contributed by atoms with Gasteiger partial charge in [-0.05, 0) is 57.8 Å². The summed E-state index contributed by atoms with van der Waals surface area (Å²) in [6.07, 6.45) is 2.30. The molecule has 1 aliphatic heterocycles. The van der Waals surface area contributed by atoms with E-state index in [1.54, 1.807) is 0 Å². The molecule has 0 spiro atoms. The Bertz CT molecular complexity index is 456. The minimum atomic E-state index is 0.0834. The number of nitrogens with zero attached hydrogens (tertiary/aromatic N) is 1. The van der Waals surface area contributed by atoms with Crippen molar-refractivity contribution in [2.24, 2.45) is 5.92 Å². The van der Waals surface area contributed by atoms with Crippen LogP contribution in [0.1, 0.15) is 37.0 Å². The lowest BCUT2D eigenvalue weighted by molar-refractivity contribution is 0.0722. The van der Waals surface area contributed by atoms with Gasteiger partial charge in [-0.2, -0.15) is 0 Å². The molecule has 1 amide bonds. The molecule has 0 aromatic heterocycles. The lowest BCUT2D eigenvalue weighted by Gasteiger charge is -2.29. The van der Waals surface area contributed by atoms with Crippen molar-refractivity contribution in [1.29, 1.82) is 0 Å². The van der Waals surface area contributed by atoms with Crippen LogP contribution in [0.4, 0.5) is 0 Å². The zero-order valence-corrected chi connectivity index (χ0v) is 13.1. The molecule has 0 bridgehead atoms. The first kappa shape index (κ1) is 15.8. The Morgan fingerprint density at radius 1 is 1.29 bits per heavy atom. The predicted molar refractivity (Wildman–Crippen MR) is 84.8 cm³/mol. The predicted octanol–water partition coefficient (Wildman–Crippen LogP) is 2.55. The summed E-state index contributed by atoms with van der Waals surface area (Å²) in [6, 6.07) is 7.53. The number of hydrogen-bond acceptors (Lipinski definition) is 3. The number of nitrogens with one attached hydrogen (secondary N) is 1. The highest BCUT2D eigenvalue weighted by Gasteiger charge is 2.22. The van der Waals surface area contributed by atoms with Gasteiger partial charge in [-0.25, -0.2) is 0 Å². The summed E-state index contributed by atoms with van der Waals surface area (Å²) < 4.78 is 5.59. The number of piperidine rings is 1. The molecule has 0 saturated carbocycles. The first-order chi connectivity index (χ1) is 10.3. The fraction of sp³-hybridized carbons (Fsp3) is 0.588. The third kappa shape index (κ3) is 4.21. The molecule has 1 aromatic carbocycles. The van der Waals surface area contributed by atoms with Gasteiger partial charge in [0.15, 0.2) is 0 Å². The van der Waals surface area contributed by atoms with Gasteiger partial charge >= 0.3 is 0 Å². The van der Waals surface area contributed by atoms with Crippen molar-refractivity contribution in [3.63, 3.8) is 0 Å². The van der Waals surface area contributed by atoms with E-state index in [0.717, 1.165) is 39.0 Å². The van der Waals surface area contributed by atoms with Gasteiger partial charge in [-0.15, -0.1) is 0 Å². The number of para-hydroxylation sites is 1. The van der Waals surface area contributed by atoms with Crippen LogP contribution in [-0.4, -0.2) is 43.6 Å². The molecule has 1 fully saturated rings. The molecule has 1 aliphatic rings. The second-order valence-electron chi connectivity index (χ2n) is 5.47. The number of carbonyl (C=O) groups is 1. The number of ether oxygens (including phenoxy) is 1. The number of carbonyl (C=O) groups excluding carboxylic acids is 1. The van der Waals surface area contributed by atoms with E-state index < -0.39 is 0 Å². The maximum absolute atomic E-state index is 12.8. The van der Waals surface area contributed by atoms with E-state index in [9.17, 15) is 4.79 Å². The highest BCUT2D eigenvalue weighted by Crippen LogP contribution is 2.21. The molecule has 21 heavy (non-hydrogen) atoms. The molecule has 0 unspecified atom stereocenters. The van der Waals surface area contributed by atoms with Crippen LogP contribution in [0.5, 0.6) is 5.75 Å². The molecule has 1 aromatic rings. The third-order valence-corrected chi connectivity index (χ3v) is 4.02. The second-order valence-corrected chi connectivity index (χ2v) is 5.47. The van der Waals surface area contributed by atoms with Crippen LogP contribution in [0.2, 0.25) is 0 Å². The van der Waals surface area contributed by atoms with Crippen molar-refractivity contribution >= 4 is 5.91 Å². The van der Waals surface area contributed by atoms with Crippen molar-refractivity contribution in [2.75, 3.05) is 32.8 Å². The van der Waals surface area contributed by atoms with E-state index >= 15 is 0 Å². The Morgan fingerprint density at radius 2 is 2.00 bits per heavy atom. The smallest absolute Gasteiger partial charge is 0.257 e. The SMILES string of the molecule is CCOc1ccccc1C(=O)N(CC)CC1CCNCC1. The van der Waals surface area contributed by atoms with Gasteiger partial charge in [0.2, 0.25) is 0 Å². The maximum Gasteiger partial charge on any atom is 0.257 e. The second kappa shape index (κ2) is 8.03. The van der Waals surface area contributed by atoms with Gasteiger partial charge in [0.25, 0.3) is 5.91 Å². The third-order valence-electron chi connectivity index (χ3n) is 4.02. The Morgan fingerprint density at radius 3 is 2.67 bits per heavy atom. The molecule has 0 aliphatic carbocycles. The van der Waals surface area contributed by atoms with Crippen LogP contribution in [-0.2, 0) is 0 Å². The van der Waals surface area contributed by atoms with Crippen LogP contribution < -0.4 is 10.1 Å². The van der Waals surface area contributed by atoms with E-state index in [1.165, 1.54) is 0 Å². The van der Waals surface area contributed by atoms with E-state index in [4.69, 9.17) is 4.74 Å². The largest absolute Gasteiger partial charge is 0.493 e. The van der Waals surface area contributed by atoms with Gasteiger partial charge in [-0.1, -0.05) is 12.1 Å². The Kier molecular flexibility index (Phi) is 6.05. The number of amides is 1. The molecular weight excluding hydrogens is 264 g/mol. The average Bonchev–Trinajstić information content (AvgIpc) is 2.54. The fourth-order valence-electron chi connectivity index (χ4n) is 2.83. The summed E-state index contributed by atoms with van der Waals surface area (Å²) >= 11 is 0. The maximum atomic E-state index is 12.8. The summed E-state index contributed by atoms with van der Waals surface area (Å²) in [7, 11) is 0. The lowest BCUT2D eigenvalue weighted by Crippen LogP contribution is -2.39. The molecule has 4 nitrogen and oxygen atoms in total. The van der Waals surface area contributed by atoms with Crippen molar-refractivity contribution in [3.8, 4) is 5.75 Å². The Labute approximate surface area is 127 Å². The summed E-state index contributed by atoms with van der Waals surface area (Å²) in [5.41, 5.74) is 0.676. The van der Waals surface area contributed by atoms with E-state index in [0.29, 0.717) is 23.8 Å². The molecule has 2 rings (SSSR count). The highest BCUT2D eigenvalue weighted by molar-refractivity contribution is 5.96. The van der Waals surface area contributed by atoms with Crippen LogP contribution >= 0.6 is 0 Å². The fourth-order valence-corrected chi connectivity index (χ4v) is 2.83. The lowest BCUT2D eigenvalue weighted by atomic mass is 9.97. The van der Waals surface area contributed by atoms with E-state index in [1.807, 2.05) is 43.0 Å². The molecule has 1 N–H and O–H groups in total. The molecule has 116 valence electrons. The zero-order chi connectivity index (χ0) is 15.1. The summed E-state index contributed by atoms with van der Waals surface area (Å²) in [6.45, 7) is 8.26. The minimum Gasteiger partial charge on any atom is -0.493 e. The monoisotopic (exact) mass is 290 g/mol. The first-order valence-corrected chi connectivity index (χ1v) is 7.98. The molecule has 1 heterocycles. The highest BCUT2D eigenvalue weighted by atomic mass is 16.5. The van der Waals surface area contributed by atoms with Gasteiger partial charge in [0, 0.05) is 13.1 Å². The van der Waals surface area contributed by atoms with E-state index in [-0.39, 0.29) is 5.91 Å². The van der Waals surface area contributed by atoms with E-state index in [2.05, 4.69) is 5.32 Å². The molecule has 0 atom stereocenters.